The quantitative estimate of drug-likeness (QED) is 0.495. The molecule has 0 aromatic rings. The van der Waals surface area contributed by atoms with Crippen LogP contribution in [0.1, 0.15) is 6.92 Å². The Balaban J connectivity index is 2.69. The zero-order valence-electron chi connectivity index (χ0n) is 4.89. The summed E-state index contributed by atoms with van der Waals surface area (Å²) in [7, 11) is 0. The molecule has 0 radical (unpaired) electrons. The van der Waals surface area contributed by atoms with E-state index in [1.54, 1.807) is 0 Å². The van der Waals surface area contributed by atoms with Crippen LogP contribution in [-0.2, 0) is 0 Å². The lowest BCUT2D eigenvalue weighted by Crippen LogP contribution is -1.98. The summed E-state index contributed by atoms with van der Waals surface area (Å²) in [4.78, 5) is 0. The van der Waals surface area contributed by atoms with Crippen LogP contribution < -0.4 is 5.32 Å². The zero-order valence-corrected chi connectivity index (χ0v) is 4.89. The summed E-state index contributed by atoms with van der Waals surface area (Å²) in [6, 6.07) is 0. The third kappa shape index (κ3) is 1.26. The molecule has 0 aliphatic carbocycles. The molecule has 0 spiro atoms. The minimum absolute atomic E-state index is 1.18. The summed E-state index contributed by atoms with van der Waals surface area (Å²) in [6.07, 6.45) is 9.90. The number of hydrogen-bond donors (Lipinski definition) is 1. The van der Waals surface area contributed by atoms with Crippen LogP contribution in [0.15, 0.2) is 36.2 Å². The molecular formula is C7H9N. The lowest BCUT2D eigenvalue weighted by molar-refractivity contribution is 1.06. The topological polar surface area (TPSA) is 12.0 Å². The molecule has 1 heterocycles. The highest BCUT2D eigenvalue weighted by atomic mass is 14.8. The lowest BCUT2D eigenvalue weighted by Gasteiger charge is -1.93. The van der Waals surface area contributed by atoms with Crippen molar-refractivity contribution < 1.29 is 0 Å². The average molecular weight is 107 g/mol. The molecule has 1 nitrogen and oxygen atoms in total. The maximum atomic E-state index is 3.06. The molecule has 0 atom stereocenters. The Labute approximate surface area is 49.4 Å². The van der Waals surface area contributed by atoms with E-state index in [2.05, 4.69) is 5.32 Å². The molecule has 0 aromatic heterocycles. The van der Waals surface area contributed by atoms with Crippen LogP contribution in [0, 0.1) is 0 Å². The zero-order chi connectivity index (χ0) is 5.82. The van der Waals surface area contributed by atoms with E-state index in [9.17, 15) is 0 Å². The van der Waals surface area contributed by atoms with E-state index >= 15 is 0 Å². The van der Waals surface area contributed by atoms with Gasteiger partial charge in [-0.3, -0.25) is 0 Å². The third-order valence-electron chi connectivity index (χ3n) is 0.976. The Kier molecular flexibility index (Phi) is 1.52. The van der Waals surface area contributed by atoms with Gasteiger partial charge in [-0.25, -0.2) is 0 Å². The molecule has 0 bridgehead atoms. The maximum absolute atomic E-state index is 3.06. The molecule has 1 aliphatic heterocycles. The number of allylic oxidation sites excluding steroid dienone is 5. The SMILES string of the molecule is CC1=CC=CC=CN1. The summed E-state index contributed by atoms with van der Waals surface area (Å²) in [5.74, 6) is 0. The van der Waals surface area contributed by atoms with E-state index < -0.39 is 0 Å². The van der Waals surface area contributed by atoms with Gasteiger partial charge in [0.25, 0.3) is 0 Å². The van der Waals surface area contributed by atoms with Crippen LogP contribution in [0.4, 0.5) is 0 Å². The second kappa shape index (κ2) is 2.36. The summed E-state index contributed by atoms with van der Waals surface area (Å²) in [5.41, 5.74) is 1.18. The fourth-order valence-corrected chi connectivity index (χ4v) is 0.547. The van der Waals surface area contributed by atoms with E-state index in [0.29, 0.717) is 0 Å². The first kappa shape index (κ1) is 5.16. The van der Waals surface area contributed by atoms with Crippen molar-refractivity contribution in [3.8, 4) is 0 Å². The van der Waals surface area contributed by atoms with Crippen molar-refractivity contribution in [3.63, 3.8) is 0 Å². The highest BCUT2D eigenvalue weighted by molar-refractivity contribution is 5.19. The maximum Gasteiger partial charge on any atom is 0.0115 e. The second-order valence-electron chi connectivity index (χ2n) is 1.74. The van der Waals surface area contributed by atoms with Gasteiger partial charge in [0.05, 0.1) is 0 Å². The molecule has 0 saturated heterocycles. The monoisotopic (exact) mass is 107 g/mol. The van der Waals surface area contributed by atoms with Crippen LogP contribution in [0.25, 0.3) is 0 Å². The van der Waals surface area contributed by atoms with Gasteiger partial charge in [-0.2, -0.15) is 0 Å². The summed E-state index contributed by atoms with van der Waals surface area (Å²) < 4.78 is 0. The highest BCUT2D eigenvalue weighted by Gasteiger charge is 1.80. The van der Waals surface area contributed by atoms with Gasteiger partial charge >= 0.3 is 0 Å². The second-order valence-corrected chi connectivity index (χ2v) is 1.74. The minimum atomic E-state index is 1.18. The summed E-state index contributed by atoms with van der Waals surface area (Å²) >= 11 is 0. The lowest BCUT2D eigenvalue weighted by atomic mass is 10.4. The van der Waals surface area contributed by atoms with Crippen molar-refractivity contribution in [2.45, 2.75) is 6.92 Å². The van der Waals surface area contributed by atoms with Crippen molar-refractivity contribution in [1.82, 2.24) is 5.32 Å². The first-order valence-electron chi connectivity index (χ1n) is 2.66. The van der Waals surface area contributed by atoms with Crippen molar-refractivity contribution in [3.05, 3.63) is 36.2 Å². The van der Waals surface area contributed by atoms with Gasteiger partial charge in [0, 0.05) is 11.9 Å². The van der Waals surface area contributed by atoms with Crippen LogP contribution in [0.2, 0.25) is 0 Å². The van der Waals surface area contributed by atoms with E-state index in [1.807, 2.05) is 37.4 Å². The molecule has 0 saturated carbocycles. The summed E-state index contributed by atoms with van der Waals surface area (Å²) in [6.45, 7) is 2.03. The van der Waals surface area contributed by atoms with Crippen LogP contribution in [-0.4, -0.2) is 0 Å². The number of rotatable bonds is 0. The van der Waals surface area contributed by atoms with Crippen molar-refractivity contribution in [2.24, 2.45) is 0 Å². The van der Waals surface area contributed by atoms with E-state index in [0.717, 1.165) is 0 Å². The van der Waals surface area contributed by atoms with Crippen molar-refractivity contribution in [2.75, 3.05) is 0 Å². The molecule has 0 fully saturated rings. The van der Waals surface area contributed by atoms with Gasteiger partial charge in [0.2, 0.25) is 0 Å². The molecule has 1 heteroatoms. The molecule has 1 aliphatic rings. The highest BCUT2D eigenvalue weighted by Crippen LogP contribution is 1.91. The van der Waals surface area contributed by atoms with Gasteiger partial charge in [-0.05, 0) is 19.1 Å². The first-order chi connectivity index (χ1) is 3.89. The van der Waals surface area contributed by atoms with Gasteiger partial charge in [0.1, 0.15) is 0 Å². The van der Waals surface area contributed by atoms with E-state index in [1.165, 1.54) is 5.70 Å². The molecule has 1 rings (SSSR count). The fraction of sp³-hybridized carbons (Fsp3) is 0.143. The molecule has 1 N–H and O–H groups in total. The number of hydrogen-bond acceptors (Lipinski definition) is 1. The van der Waals surface area contributed by atoms with Crippen LogP contribution >= 0.6 is 0 Å². The first-order valence-corrected chi connectivity index (χ1v) is 2.66. The standard InChI is InChI=1S/C7H9N/c1-7-5-3-2-4-6-8-7/h2-6,8H,1H3. The van der Waals surface area contributed by atoms with E-state index in [4.69, 9.17) is 0 Å². The van der Waals surface area contributed by atoms with Crippen molar-refractivity contribution in [1.29, 1.82) is 0 Å². The van der Waals surface area contributed by atoms with Crippen LogP contribution in [0.3, 0.4) is 0 Å². The molecule has 42 valence electrons. The molecule has 8 heavy (non-hydrogen) atoms. The van der Waals surface area contributed by atoms with Gasteiger partial charge in [-0.15, -0.1) is 0 Å². The Morgan fingerprint density at radius 1 is 1.25 bits per heavy atom. The summed E-state index contributed by atoms with van der Waals surface area (Å²) in [5, 5.41) is 3.06. The third-order valence-corrected chi connectivity index (χ3v) is 0.976. The Morgan fingerprint density at radius 2 is 2.12 bits per heavy atom. The van der Waals surface area contributed by atoms with Crippen molar-refractivity contribution >= 4 is 0 Å². The fourth-order valence-electron chi connectivity index (χ4n) is 0.547. The normalized spacial score (nSPS) is 16.9. The largest absolute Gasteiger partial charge is 0.365 e. The predicted molar refractivity (Wildman–Crippen MR) is 35.2 cm³/mol. The Hall–Kier alpha value is -0.980. The predicted octanol–water partition coefficient (Wildman–Crippen LogP) is 1.56. The molecule has 0 aromatic carbocycles. The minimum Gasteiger partial charge on any atom is -0.365 e. The number of nitrogens with one attached hydrogen (secondary N) is 1. The van der Waals surface area contributed by atoms with Crippen LogP contribution in [0.5, 0.6) is 0 Å². The Morgan fingerprint density at radius 3 is 3.00 bits per heavy atom. The molecular weight excluding hydrogens is 98.1 g/mol. The smallest absolute Gasteiger partial charge is 0.0115 e. The average Bonchev–Trinajstić information content (AvgIpc) is 1.94. The molecule has 0 unspecified atom stereocenters. The van der Waals surface area contributed by atoms with Gasteiger partial charge in [0.15, 0.2) is 0 Å². The Bertz CT molecular complexity index is 152. The van der Waals surface area contributed by atoms with Gasteiger partial charge in [-0.1, -0.05) is 12.2 Å². The van der Waals surface area contributed by atoms with Gasteiger partial charge < -0.3 is 5.32 Å². The van der Waals surface area contributed by atoms with E-state index in [-0.39, 0.29) is 0 Å². The molecule has 0 amide bonds.